The molecule has 1 atom stereocenters. The molecule has 0 unspecified atom stereocenters. The van der Waals surface area contributed by atoms with E-state index in [0.29, 0.717) is 23.0 Å². The Balaban J connectivity index is 1.64. The van der Waals surface area contributed by atoms with E-state index in [0.717, 1.165) is 5.56 Å². The molecule has 7 heteroatoms. The minimum absolute atomic E-state index is 0.142. The molecule has 1 heterocycles. The molecule has 0 fully saturated rings. The summed E-state index contributed by atoms with van der Waals surface area (Å²) in [7, 11) is 1.66. The number of hydrogen-bond acceptors (Lipinski definition) is 5. The topological polar surface area (TPSA) is 92.4 Å². The second-order valence-corrected chi connectivity index (χ2v) is 6.53. The zero-order valence-electron chi connectivity index (χ0n) is 15.7. The van der Waals surface area contributed by atoms with Gasteiger partial charge in [-0.2, -0.15) is 5.10 Å². The molecule has 3 rings (SSSR count). The number of rotatable bonds is 6. The van der Waals surface area contributed by atoms with Crippen molar-refractivity contribution in [3.63, 3.8) is 0 Å². The van der Waals surface area contributed by atoms with Crippen molar-refractivity contribution in [2.24, 2.45) is 0 Å². The van der Waals surface area contributed by atoms with Crippen molar-refractivity contribution in [2.45, 2.75) is 26.0 Å². The van der Waals surface area contributed by atoms with Gasteiger partial charge in [-0.1, -0.05) is 48.5 Å². The number of ether oxygens (including phenoxy) is 1. The third-order valence-corrected chi connectivity index (χ3v) is 4.38. The number of carbonyl (C=O) groups excluding carboxylic acids is 2. The largest absolute Gasteiger partial charge is 0.452 e. The summed E-state index contributed by atoms with van der Waals surface area (Å²) in [4.78, 5) is 38.1. The molecular weight excluding hydrogens is 358 g/mol. The summed E-state index contributed by atoms with van der Waals surface area (Å²) in [5.41, 5.74) is 1.07. The van der Waals surface area contributed by atoms with Gasteiger partial charge in [0.05, 0.1) is 17.5 Å². The van der Waals surface area contributed by atoms with Gasteiger partial charge in [0.15, 0.2) is 6.10 Å². The molecule has 28 heavy (non-hydrogen) atoms. The number of likely N-dealkylation sites (N-methyl/N-ethyl adjacent to an activating group) is 1. The average molecular weight is 379 g/mol. The van der Waals surface area contributed by atoms with Crippen LogP contribution < -0.4 is 5.56 Å². The zero-order valence-corrected chi connectivity index (χ0v) is 15.7. The number of aromatic amines is 1. The van der Waals surface area contributed by atoms with Crippen molar-refractivity contribution in [3.8, 4) is 0 Å². The van der Waals surface area contributed by atoms with Crippen LogP contribution >= 0.6 is 0 Å². The Morgan fingerprint density at radius 1 is 1.07 bits per heavy atom. The van der Waals surface area contributed by atoms with E-state index < -0.39 is 12.1 Å². The number of fused-ring (bicyclic) bond motifs is 1. The molecule has 0 saturated carbocycles. The molecule has 0 spiro atoms. The summed E-state index contributed by atoms with van der Waals surface area (Å²) < 4.78 is 5.29. The SMILES string of the molecule is C[C@@H](OC(=O)Cc1n[nH]c(=O)c2ccccc12)C(=O)N(C)Cc1ccccc1. The quantitative estimate of drug-likeness (QED) is 0.662. The molecule has 0 radical (unpaired) electrons. The minimum atomic E-state index is -0.921. The maximum Gasteiger partial charge on any atom is 0.312 e. The summed E-state index contributed by atoms with van der Waals surface area (Å²) >= 11 is 0. The predicted molar refractivity (Wildman–Crippen MR) is 105 cm³/mol. The third-order valence-electron chi connectivity index (χ3n) is 4.38. The van der Waals surface area contributed by atoms with E-state index >= 15 is 0 Å². The van der Waals surface area contributed by atoms with E-state index in [2.05, 4.69) is 10.2 Å². The number of hydrogen-bond donors (Lipinski definition) is 1. The van der Waals surface area contributed by atoms with Gasteiger partial charge < -0.3 is 9.64 Å². The highest BCUT2D eigenvalue weighted by Gasteiger charge is 2.22. The molecule has 0 aliphatic heterocycles. The third kappa shape index (κ3) is 4.43. The molecule has 1 N–H and O–H groups in total. The van der Waals surface area contributed by atoms with Gasteiger partial charge in [-0.3, -0.25) is 14.4 Å². The number of esters is 1. The Kier molecular flexibility index (Phi) is 5.84. The summed E-state index contributed by atoms with van der Waals surface area (Å²) in [6.07, 6.45) is -1.06. The molecule has 3 aromatic rings. The molecular formula is C21H21N3O4. The Bertz CT molecular complexity index is 1050. The molecule has 1 aromatic heterocycles. The highest BCUT2D eigenvalue weighted by Crippen LogP contribution is 2.14. The molecule has 2 aromatic carbocycles. The van der Waals surface area contributed by atoms with Crippen LogP contribution in [0.3, 0.4) is 0 Å². The van der Waals surface area contributed by atoms with Crippen LogP contribution in [0.2, 0.25) is 0 Å². The number of nitrogens with zero attached hydrogens (tertiary/aromatic N) is 2. The van der Waals surface area contributed by atoms with Crippen LogP contribution in [0.5, 0.6) is 0 Å². The Morgan fingerprint density at radius 2 is 1.71 bits per heavy atom. The van der Waals surface area contributed by atoms with Gasteiger partial charge in [-0.05, 0) is 18.6 Å². The monoisotopic (exact) mass is 379 g/mol. The van der Waals surface area contributed by atoms with Crippen molar-refractivity contribution < 1.29 is 14.3 Å². The van der Waals surface area contributed by atoms with Crippen LogP contribution in [0.4, 0.5) is 0 Å². The Morgan fingerprint density at radius 3 is 2.43 bits per heavy atom. The lowest BCUT2D eigenvalue weighted by Crippen LogP contribution is -2.37. The summed E-state index contributed by atoms with van der Waals surface area (Å²) in [6, 6.07) is 16.5. The lowest BCUT2D eigenvalue weighted by atomic mass is 10.1. The summed E-state index contributed by atoms with van der Waals surface area (Å²) in [6.45, 7) is 1.97. The van der Waals surface area contributed by atoms with Crippen molar-refractivity contribution in [2.75, 3.05) is 7.05 Å². The van der Waals surface area contributed by atoms with E-state index in [1.165, 1.54) is 4.90 Å². The maximum atomic E-state index is 12.5. The van der Waals surface area contributed by atoms with Gasteiger partial charge in [0.25, 0.3) is 11.5 Å². The fourth-order valence-corrected chi connectivity index (χ4v) is 2.98. The van der Waals surface area contributed by atoms with Crippen molar-refractivity contribution in [1.29, 1.82) is 0 Å². The molecule has 0 saturated heterocycles. The highest BCUT2D eigenvalue weighted by molar-refractivity contribution is 5.88. The number of H-pyrrole nitrogens is 1. The van der Waals surface area contributed by atoms with Crippen LogP contribution in [-0.4, -0.2) is 40.1 Å². The first-order chi connectivity index (χ1) is 13.5. The van der Waals surface area contributed by atoms with Crippen molar-refractivity contribution >= 4 is 22.6 Å². The second-order valence-electron chi connectivity index (χ2n) is 6.53. The van der Waals surface area contributed by atoms with Gasteiger partial charge in [-0.15, -0.1) is 0 Å². The van der Waals surface area contributed by atoms with E-state index in [1.54, 1.807) is 38.2 Å². The van der Waals surface area contributed by atoms with Crippen LogP contribution in [-0.2, 0) is 27.3 Å². The zero-order chi connectivity index (χ0) is 20.1. The average Bonchev–Trinajstić information content (AvgIpc) is 2.70. The van der Waals surface area contributed by atoms with Gasteiger partial charge in [0, 0.05) is 19.0 Å². The molecule has 144 valence electrons. The molecule has 0 bridgehead atoms. The fourth-order valence-electron chi connectivity index (χ4n) is 2.98. The first-order valence-electron chi connectivity index (χ1n) is 8.90. The van der Waals surface area contributed by atoms with Crippen molar-refractivity contribution in [3.05, 3.63) is 76.2 Å². The number of carbonyl (C=O) groups is 2. The lowest BCUT2D eigenvalue weighted by molar-refractivity contribution is -0.158. The highest BCUT2D eigenvalue weighted by atomic mass is 16.5. The van der Waals surface area contributed by atoms with Crippen LogP contribution in [0.15, 0.2) is 59.4 Å². The van der Waals surface area contributed by atoms with Crippen LogP contribution in [0.1, 0.15) is 18.2 Å². The normalized spacial score (nSPS) is 11.8. The maximum absolute atomic E-state index is 12.5. The van der Waals surface area contributed by atoms with Crippen LogP contribution in [0.25, 0.3) is 10.8 Å². The molecule has 7 nitrogen and oxygen atoms in total. The first-order valence-corrected chi connectivity index (χ1v) is 8.90. The van der Waals surface area contributed by atoms with Gasteiger partial charge in [0.1, 0.15) is 0 Å². The van der Waals surface area contributed by atoms with E-state index in [-0.39, 0.29) is 17.9 Å². The minimum Gasteiger partial charge on any atom is -0.452 e. The number of amides is 1. The fraction of sp³-hybridized carbons (Fsp3) is 0.238. The van der Waals surface area contributed by atoms with Crippen molar-refractivity contribution in [1.82, 2.24) is 15.1 Å². The predicted octanol–water partition coefficient (Wildman–Crippen LogP) is 2.06. The Labute approximate surface area is 161 Å². The smallest absolute Gasteiger partial charge is 0.312 e. The van der Waals surface area contributed by atoms with Gasteiger partial charge in [-0.25, -0.2) is 5.10 Å². The van der Waals surface area contributed by atoms with E-state index in [4.69, 9.17) is 4.74 Å². The first kappa shape index (κ1) is 19.3. The molecule has 0 aliphatic rings. The lowest BCUT2D eigenvalue weighted by Gasteiger charge is -2.21. The molecule has 1 amide bonds. The van der Waals surface area contributed by atoms with E-state index in [1.807, 2.05) is 30.3 Å². The molecule has 0 aliphatic carbocycles. The number of nitrogens with one attached hydrogen (secondary N) is 1. The van der Waals surface area contributed by atoms with Gasteiger partial charge in [0.2, 0.25) is 0 Å². The Hall–Kier alpha value is -3.48. The number of benzene rings is 2. The second kappa shape index (κ2) is 8.47. The van der Waals surface area contributed by atoms with Crippen LogP contribution in [0, 0.1) is 0 Å². The van der Waals surface area contributed by atoms with Gasteiger partial charge >= 0.3 is 5.97 Å². The van der Waals surface area contributed by atoms with E-state index in [9.17, 15) is 14.4 Å². The summed E-state index contributed by atoms with van der Waals surface area (Å²) in [5, 5.41) is 7.37. The number of aromatic nitrogens is 2. The standard InChI is InChI=1S/C21H21N3O4/c1-14(21(27)24(2)13-15-8-4-3-5-9-15)28-19(25)12-18-16-10-6-7-11-17(16)20(26)23-22-18/h3-11,14H,12-13H2,1-2H3,(H,23,26)/t14-/m1/s1. The summed E-state index contributed by atoms with van der Waals surface area (Å²) in [5.74, 6) is -0.879.